The summed E-state index contributed by atoms with van der Waals surface area (Å²) < 4.78 is 5.12. The minimum atomic E-state index is -0.713. The van der Waals surface area contributed by atoms with Crippen molar-refractivity contribution in [2.75, 3.05) is 0 Å². The van der Waals surface area contributed by atoms with E-state index in [1.807, 2.05) is 61.5 Å². The van der Waals surface area contributed by atoms with Gasteiger partial charge < -0.3 is 10.1 Å². The lowest BCUT2D eigenvalue weighted by Gasteiger charge is -2.14. The number of nitrogens with zero attached hydrogens (tertiary/aromatic N) is 1. The summed E-state index contributed by atoms with van der Waals surface area (Å²) in [7, 11) is 0. The maximum atomic E-state index is 11.8. The average Bonchev–Trinajstić information content (AvgIpc) is 2.52. The minimum Gasteiger partial charge on any atom is -0.445 e. The van der Waals surface area contributed by atoms with Gasteiger partial charge in [-0.1, -0.05) is 54.6 Å². The number of amides is 1. The zero-order chi connectivity index (χ0) is 15.1. The zero-order valence-corrected chi connectivity index (χ0v) is 11.7. The van der Waals surface area contributed by atoms with E-state index in [0.29, 0.717) is 0 Å². The van der Waals surface area contributed by atoms with Crippen LogP contribution in [0.4, 0.5) is 4.79 Å². The molecule has 1 unspecified atom stereocenters. The Hall–Kier alpha value is -2.80. The van der Waals surface area contributed by atoms with Gasteiger partial charge in [0.05, 0.1) is 6.07 Å². The number of ether oxygens (including phenoxy) is 1. The normalized spacial score (nSPS) is 11.2. The zero-order valence-electron chi connectivity index (χ0n) is 11.7. The van der Waals surface area contributed by atoms with Crippen molar-refractivity contribution < 1.29 is 9.53 Å². The second-order valence-electron chi connectivity index (χ2n) is 4.62. The van der Waals surface area contributed by atoms with Gasteiger partial charge in [-0.15, -0.1) is 0 Å². The van der Waals surface area contributed by atoms with Crippen LogP contribution in [0.3, 0.4) is 0 Å². The molecule has 1 amide bonds. The van der Waals surface area contributed by atoms with Crippen LogP contribution in [0.25, 0.3) is 0 Å². The first-order valence-corrected chi connectivity index (χ1v) is 6.63. The summed E-state index contributed by atoms with van der Waals surface area (Å²) in [5, 5.41) is 11.8. The van der Waals surface area contributed by atoms with E-state index in [4.69, 9.17) is 4.74 Å². The Morgan fingerprint density at radius 1 is 1.19 bits per heavy atom. The Bertz CT molecular complexity index is 647. The first kappa shape index (κ1) is 14.6. The molecule has 1 N–H and O–H groups in total. The van der Waals surface area contributed by atoms with Gasteiger partial charge >= 0.3 is 6.09 Å². The van der Waals surface area contributed by atoms with Gasteiger partial charge in [0, 0.05) is 0 Å². The van der Waals surface area contributed by atoms with E-state index in [1.54, 1.807) is 0 Å². The number of nitriles is 1. The fourth-order valence-corrected chi connectivity index (χ4v) is 1.97. The van der Waals surface area contributed by atoms with Gasteiger partial charge in [0.1, 0.15) is 12.6 Å². The summed E-state index contributed by atoms with van der Waals surface area (Å²) in [4.78, 5) is 11.8. The maximum absolute atomic E-state index is 11.8. The highest BCUT2D eigenvalue weighted by atomic mass is 16.5. The van der Waals surface area contributed by atoms with E-state index >= 15 is 0 Å². The van der Waals surface area contributed by atoms with Crippen LogP contribution in [0.15, 0.2) is 54.6 Å². The summed E-state index contributed by atoms with van der Waals surface area (Å²) in [5.41, 5.74) is 2.63. The Kier molecular flexibility index (Phi) is 4.94. The van der Waals surface area contributed by atoms with Crippen LogP contribution in [-0.4, -0.2) is 6.09 Å². The van der Waals surface area contributed by atoms with Gasteiger partial charge in [-0.05, 0) is 23.6 Å². The molecule has 2 rings (SSSR count). The predicted molar refractivity (Wildman–Crippen MR) is 79.3 cm³/mol. The number of benzene rings is 2. The Morgan fingerprint density at radius 2 is 1.86 bits per heavy atom. The van der Waals surface area contributed by atoms with Crippen molar-refractivity contribution >= 4 is 6.09 Å². The topological polar surface area (TPSA) is 62.1 Å². The van der Waals surface area contributed by atoms with Crippen molar-refractivity contribution in [3.8, 4) is 6.07 Å². The van der Waals surface area contributed by atoms with Crippen LogP contribution in [0, 0.1) is 18.3 Å². The highest BCUT2D eigenvalue weighted by molar-refractivity contribution is 5.68. The van der Waals surface area contributed by atoms with Crippen LogP contribution in [0.5, 0.6) is 0 Å². The summed E-state index contributed by atoms with van der Waals surface area (Å²) in [6, 6.07) is 18.2. The van der Waals surface area contributed by atoms with Crippen molar-refractivity contribution in [1.82, 2.24) is 5.32 Å². The summed E-state index contributed by atoms with van der Waals surface area (Å²) >= 11 is 0. The number of nitrogens with one attached hydrogen (secondary N) is 1. The highest BCUT2D eigenvalue weighted by Crippen LogP contribution is 2.16. The quantitative estimate of drug-likeness (QED) is 0.932. The van der Waals surface area contributed by atoms with Crippen LogP contribution < -0.4 is 5.32 Å². The standard InChI is InChI=1S/C17H16N2O2/c1-13-7-5-6-10-15(13)16(11-18)19-17(20)21-12-14-8-3-2-4-9-14/h2-10,16H,12H2,1H3,(H,19,20). The first-order valence-electron chi connectivity index (χ1n) is 6.63. The number of rotatable bonds is 4. The predicted octanol–water partition coefficient (Wildman–Crippen LogP) is 3.49. The van der Waals surface area contributed by atoms with Crippen molar-refractivity contribution in [1.29, 1.82) is 5.26 Å². The van der Waals surface area contributed by atoms with Crippen LogP contribution in [0.1, 0.15) is 22.7 Å². The van der Waals surface area contributed by atoms with Crippen molar-refractivity contribution in [3.63, 3.8) is 0 Å². The third kappa shape index (κ3) is 4.08. The molecule has 1 atom stereocenters. The molecule has 0 spiro atoms. The second kappa shape index (κ2) is 7.11. The molecule has 0 radical (unpaired) electrons. The molecule has 0 saturated heterocycles. The van der Waals surface area contributed by atoms with E-state index in [2.05, 4.69) is 11.4 Å². The van der Waals surface area contributed by atoms with Gasteiger partial charge in [0.25, 0.3) is 0 Å². The van der Waals surface area contributed by atoms with Gasteiger partial charge in [-0.2, -0.15) is 5.26 Å². The molecule has 0 fully saturated rings. The second-order valence-corrected chi connectivity index (χ2v) is 4.62. The Labute approximate surface area is 124 Å². The van der Waals surface area contributed by atoms with Crippen molar-refractivity contribution in [2.45, 2.75) is 19.6 Å². The van der Waals surface area contributed by atoms with Crippen LogP contribution in [-0.2, 0) is 11.3 Å². The lowest BCUT2D eigenvalue weighted by Crippen LogP contribution is -2.28. The molecule has 4 nitrogen and oxygen atoms in total. The first-order chi connectivity index (χ1) is 10.2. The van der Waals surface area contributed by atoms with E-state index in [0.717, 1.165) is 16.7 Å². The molecule has 0 aliphatic heterocycles. The molecule has 0 aromatic heterocycles. The van der Waals surface area contributed by atoms with Gasteiger partial charge in [-0.25, -0.2) is 4.79 Å². The molecular weight excluding hydrogens is 264 g/mol. The molecule has 0 aliphatic rings. The third-order valence-electron chi connectivity index (χ3n) is 3.10. The fourth-order valence-electron chi connectivity index (χ4n) is 1.97. The van der Waals surface area contributed by atoms with Crippen LogP contribution in [0.2, 0.25) is 0 Å². The van der Waals surface area contributed by atoms with Crippen LogP contribution >= 0.6 is 0 Å². The maximum Gasteiger partial charge on any atom is 0.408 e. The van der Waals surface area contributed by atoms with E-state index < -0.39 is 12.1 Å². The number of carbonyl (C=O) groups excluding carboxylic acids is 1. The summed E-state index contributed by atoms with van der Waals surface area (Å²) in [5.74, 6) is 0. The fraction of sp³-hybridized carbons (Fsp3) is 0.176. The lowest BCUT2D eigenvalue weighted by molar-refractivity contribution is 0.137. The molecule has 4 heteroatoms. The molecule has 0 bridgehead atoms. The summed E-state index contributed by atoms with van der Waals surface area (Å²) in [6.07, 6.45) is -0.603. The summed E-state index contributed by atoms with van der Waals surface area (Å²) in [6.45, 7) is 2.08. The molecule has 0 saturated carbocycles. The van der Waals surface area contributed by atoms with Gasteiger partial charge in [-0.3, -0.25) is 0 Å². The molecule has 106 valence electrons. The van der Waals surface area contributed by atoms with Gasteiger partial charge in [0.2, 0.25) is 0 Å². The smallest absolute Gasteiger partial charge is 0.408 e. The molecule has 0 heterocycles. The number of alkyl carbamates (subject to hydrolysis) is 1. The van der Waals surface area contributed by atoms with E-state index in [9.17, 15) is 10.1 Å². The molecular formula is C17H16N2O2. The largest absolute Gasteiger partial charge is 0.445 e. The van der Waals surface area contributed by atoms with E-state index in [-0.39, 0.29) is 6.61 Å². The Morgan fingerprint density at radius 3 is 2.52 bits per heavy atom. The molecule has 0 aliphatic carbocycles. The monoisotopic (exact) mass is 280 g/mol. The number of aryl methyl sites for hydroxylation is 1. The third-order valence-corrected chi connectivity index (χ3v) is 3.10. The number of hydrogen-bond acceptors (Lipinski definition) is 3. The van der Waals surface area contributed by atoms with Crippen molar-refractivity contribution in [2.24, 2.45) is 0 Å². The molecule has 2 aromatic carbocycles. The minimum absolute atomic E-state index is 0.179. The highest BCUT2D eigenvalue weighted by Gasteiger charge is 2.16. The number of carbonyl (C=O) groups is 1. The molecule has 2 aromatic rings. The average molecular weight is 280 g/mol. The van der Waals surface area contributed by atoms with Crippen molar-refractivity contribution in [3.05, 3.63) is 71.3 Å². The van der Waals surface area contributed by atoms with Gasteiger partial charge in [0.15, 0.2) is 0 Å². The Balaban J connectivity index is 1.95. The lowest BCUT2D eigenvalue weighted by atomic mass is 10.0. The molecule has 21 heavy (non-hydrogen) atoms. The number of hydrogen-bond donors (Lipinski definition) is 1. The SMILES string of the molecule is Cc1ccccc1C(C#N)NC(=O)OCc1ccccc1. The van der Waals surface area contributed by atoms with E-state index in [1.165, 1.54) is 0 Å².